The van der Waals surface area contributed by atoms with Crippen LogP contribution < -0.4 is 10.5 Å². The van der Waals surface area contributed by atoms with Crippen molar-refractivity contribution in [3.63, 3.8) is 0 Å². The van der Waals surface area contributed by atoms with E-state index in [-0.39, 0.29) is 11.3 Å². The van der Waals surface area contributed by atoms with E-state index in [9.17, 15) is 4.39 Å². The topological polar surface area (TPSA) is 59.0 Å². The molecular formula is C8H7FN2O. The monoisotopic (exact) mass is 166 g/mol. The number of hydrogen-bond donors (Lipinski definition) is 1. The molecule has 0 aliphatic rings. The summed E-state index contributed by atoms with van der Waals surface area (Å²) in [7, 11) is 1.40. The summed E-state index contributed by atoms with van der Waals surface area (Å²) in [5.41, 5.74) is 5.32. The molecule has 2 N–H and O–H groups in total. The Balaban J connectivity index is 3.30. The van der Waals surface area contributed by atoms with Crippen molar-refractivity contribution < 1.29 is 9.13 Å². The van der Waals surface area contributed by atoms with E-state index in [4.69, 9.17) is 15.7 Å². The minimum absolute atomic E-state index is 0.0920. The van der Waals surface area contributed by atoms with Crippen LogP contribution in [0, 0.1) is 17.1 Å². The molecule has 0 saturated carbocycles. The maximum absolute atomic E-state index is 12.9. The molecule has 0 aromatic heterocycles. The number of nitrogens with zero attached hydrogens (tertiary/aromatic N) is 1. The second kappa shape index (κ2) is 3.09. The lowest BCUT2D eigenvalue weighted by molar-refractivity contribution is 0.411. The van der Waals surface area contributed by atoms with Gasteiger partial charge in [-0.1, -0.05) is 0 Å². The fraction of sp³-hybridized carbons (Fsp3) is 0.125. The third kappa shape index (κ3) is 1.30. The first-order valence-electron chi connectivity index (χ1n) is 3.22. The van der Waals surface area contributed by atoms with Crippen molar-refractivity contribution in [2.45, 2.75) is 0 Å². The van der Waals surface area contributed by atoms with Gasteiger partial charge in [-0.2, -0.15) is 5.26 Å². The number of hydrogen-bond acceptors (Lipinski definition) is 3. The molecule has 0 fully saturated rings. The molecule has 62 valence electrons. The van der Waals surface area contributed by atoms with Crippen LogP contribution in [0.5, 0.6) is 5.75 Å². The number of nitriles is 1. The van der Waals surface area contributed by atoms with E-state index in [1.165, 1.54) is 13.2 Å². The minimum atomic E-state index is -0.658. The molecule has 0 saturated heterocycles. The Bertz CT molecular complexity index is 320. The maximum Gasteiger partial charge on any atom is 0.146 e. The fourth-order valence-electron chi connectivity index (χ4n) is 0.838. The molecule has 0 spiro atoms. The lowest BCUT2D eigenvalue weighted by atomic mass is 10.2. The lowest BCUT2D eigenvalue weighted by Crippen LogP contribution is -1.95. The highest BCUT2D eigenvalue weighted by atomic mass is 19.1. The molecule has 0 heterocycles. The summed E-state index contributed by atoms with van der Waals surface area (Å²) in [4.78, 5) is 0. The zero-order valence-electron chi connectivity index (χ0n) is 6.47. The number of benzene rings is 1. The summed E-state index contributed by atoms with van der Waals surface area (Å²) in [6.45, 7) is 0. The number of rotatable bonds is 1. The molecule has 12 heavy (non-hydrogen) atoms. The van der Waals surface area contributed by atoms with Crippen molar-refractivity contribution in [3.8, 4) is 11.8 Å². The highest BCUT2D eigenvalue weighted by Crippen LogP contribution is 2.22. The Hall–Kier alpha value is -1.76. The molecule has 0 atom stereocenters. The molecule has 3 nitrogen and oxygen atoms in total. The molecule has 1 aromatic carbocycles. The number of nitrogens with two attached hydrogens (primary N) is 1. The van der Waals surface area contributed by atoms with Crippen LogP contribution in [-0.2, 0) is 0 Å². The zero-order chi connectivity index (χ0) is 9.14. The molecule has 1 aromatic rings. The predicted molar refractivity (Wildman–Crippen MR) is 42.1 cm³/mol. The second-order valence-corrected chi connectivity index (χ2v) is 2.19. The third-order valence-electron chi connectivity index (χ3n) is 1.44. The van der Waals surface area contributed by atoms with Gasteiger partial charge in [-0.05, 0) is 0 Å². The number of nitrogen functional groups attached to an aromatic ring is 1. The van der Waals surface area contributed by atoms with Crippen LogP contribution in [0.15, 0.2) is 12.1 Å². The van der Waals surface area contributed by atoms with Crippen molar-refractivity contribution in [1.29, 1.82) is 5.26 Å². The van der Waals surface area contributed by atoms with Gasteiger partial charge in [0.05, 0.1) is 12.8 Å². The average Bonchev–Trinajstić information content (AvgIpc) is 2.03. The van der Waals surface area contributed by atoms with Crippen molar-refractivity contribution in [2.75, 3.05) is 12.8 Å². The Morgan fingerprint density at radius 2 is 2.25 bits per heavy atom. The summed E-state index contributed by atoms with van der Waals surface area (Å²) < 4.78 is 17.7. The van der Waals surface area contributed by atoms with Gasteiger partial charge in [0.2, 0.25) is 0 Å². The fourth-order valence-corrected chi connectivity index (χ4v) is 0.838. The van der Waals surface area contributed by atoms with Crippen molar-refractivity contribution in [2.24, 2.45) is 0 Å². The normalized spacial score (nSPS) is 9.08. The summed E-state index contributed by atoms with van der Waals surface area (Å²) in [5.74, 6) is -0.349. The first kappa shape index (κ1) is 8.34. The van der Waals surface area contributed by atoms with Crippen LogP contribution in [0.4, 0.5) is 10.1 Å². The molecule has 0 bridgehead atoms. The van der Waals surface area contributed by atoms with E-state index in [0.29, 0.717) is 5.75 Å². The predicted octanol–water partition coefficient (Wildman–Crippen LogP) is 1.29. The van der Waals surface area contributed by atoms with E-state index >= 15 is 0 Å². The van der Waals surface area contributed by atoms with Gasteiger partial charge in [-0.3, -0.25) is 0 Å². The number of ether oxygens (including phenoxy) is 1. The second-order valence-electron chi connectivity index (χ2n) is 2.19. The minimum Gasteiger partial charge on any atom is -0.497 e. The number of halogens is 1. The van der Waals surface area contributed by atoms with Crippen molar-refractivity contribution in [1.82, 2.24) is 0 Å². The molecule has 1 rings (SSSR count). The third-order valence-corrected chi connectivity index (χ3v) is 1.44. The van der Waals surface area contributed by atoms with Gasteiger partial charge in [-0.15, -0.1) is 0 Å². The Kier molecular flexibility index (Phi) is 2.15. The van der Waals surface area contributed by atoms with Gasteiger partial charge in [-0.25, -0.2) is 4.39 Å². The Morgan fingerprint density at radius 3 is 2.67 bits per heavy atom. The number of anilines is 1. The molecule has 0 radical (unpaired) electrons. The summed E-state index contributed by atoms with van der Waals surface area (Å²) in [6.07, 6.45) is 0. The molecule has 0 aliphatic carbocycles. The van der Waals surface area contributed by atoms with Crippen molar-refractivity contribution >= 4 is 5.69 Å². The standard InChI is InChI=1S/C8H7FN2O/c1-12-5-2-7(9)6(4-10)8(11)3-5/h2-3H,11H2,1H3. The smallest absolute Gasteiger partial charge is 0.146 e. The first-order valence-corrected chi connectivity index (χ1v) is 3.22. The van der Waals surface area contributed by atoms with Crippen LogP contribution in [-0.4, -0.2) is 7.11 Å². The van der Waals surface area contributed by atoms with E-state index in [0.717, 1.165) is 6.07 Å². The van der Waals surface area contributed by atoms with Gasteiger partial charge in [0.25, 0.3) is 0 Å². The highest BCUT2D eigenvalue weighted by molar-refractivity contribution is 5.57. The molecule has 0 aliphatic heterocycles. The van der Waals surface area contributed by atoms with E-state index < -0.39 is 5.82 Å². The Morgan fingerprint density at radius 1 is 1.58 bits per heavy atom. The van der Waals surface area contributed by atoms with Crippen LogP contribution >= 0.6 is 0 Å². The van der Waals surface area contributed by atoms with E-state index in [1.54, 1.807) is 6.07 Å². The van der Waals surface area contributed by atoms with Gasteiger partial charge < -0.3 is 10.5 Å². The van der Waals surface area contributed by atoms with Crippen molar-refractivity contribution in [3.05, 3.63) is 23.5 Å². The van der Waals surface area contributed by atoms with Gasteiger partial charge >= 0.3 is 0 Å². The van der Waals surface area contributed by atoms with Gasteiger partial charge in [0, 0.05) is 12.1 Å². The molecular weight excluding hydrogens is 159 g/mol. The quantitative estimate of drug-likeness (QED) is 0.639. The van der Waals surface area contributed by atoms with Crippen LogP contribution in [0.2, 0.25) is 0 Å². The number of methoxy groups -OCH3 is 1. The summed E-state index contributed by atoms with van der Waals surface area (Å²) in [5, 5.41) is 8.45. The summed E-state index contributed by atoms with van der Waals surface area (Å²) >= 11 is 0. The zero-order valence-corrected chi connectivity index (χ0v) is 6.47. The molecule has 0 unspecified atom stereocenters. The first-order chi connectivity index (χ1) is 5.69. The largest absolute Gasteiger partial charge is 0.497 e. The lowest BCUT2D eigenvalue weighted by Gasteiger charge is -2.02. The van der Waals surface area contributed by atoms with E-state index in [1.807, 2.05) is 0 Å². The van der Waals surface area contributed by atoms with E-state index in [2.05, 4.69) is 0 Å². The summed E-state index contributed by atoms with van der Waals surface area (Å²) in [6, 6.07) is 4.18. The van der Waals surface area contributed by atoms with Crippen LogP contribution in [0.1, 0.15) is 5.56 Å². The SMILES string of the molecule is COc1cc(N)c(C#N)c(F)c1. The van der Waals surface area contributed by atoms with Crippen LogP contribution in [0.25, 0.3) is 0 Å². The van der Waals surface area contributed by atoms with Crippen LogP contribution in [0.3, 0.4) is 0 Å². The van der Waals surface area contributed by atoms with Gasteiger partial charge in [0.15, 0.2) is 0 Å². The highest BCUT2D eigenvalue weighted by Gasteiger charge is 2.07. The van der Waals surface area contributed by atoms with Gasteiger partial charge in [0.1, 0.15) is 23.2 Å². The molecule has 0 amide bonds. The maximum atomic E-state index is 12.9. The Labute approximate surface area is 69.2 Å². The average molecular weight is 166 g/mol. The molecule has 4 heteroatoms.